The molecule has 0 aliphatic carbocycles. The molecule has 54 valence electrons. The van der Waals surface area contributed by atoms with E-state index in [1.807, 2.05) is 0 Å². The molecule has 1 aromatic heterocycles. The normalized spacial score (nSPS) is 24.1. The number of methoxy groups -OCH3 is 1. The highest BCUT2D eigenvalue weighted by atomic mass is 79.9. The fourth-order valence-corrected chi connectivity index (χ4v) is 0.562. The minimum absolute atomic E-state index is 0.0917. The summed E-state index contributed by atoms with van der Waals surface area (Å²) in [6.07, 6.45) is -0.655. The van der Waals surface area contributed by atoms with Gasteiger partial charge >= 0.3 is 0 Å². The first kappa shape index (κ1) is 2.29. The molecule has 0 aromatic carbocycles. The molecular weight excluding hydrogens is 194 g/mol. The topological polar surface area (TPSA) is 22.1 Å². The number of nitrogens with zero attached hydrogens (tertiary/aromatic N) is 1. The first-order valence-corrected chi connectivity index (χ1v) is 3.09. The van der Waals surface area contributed by atoms with Gasteiger partial charge in [-0.1, -0.05) is 6.04 Å². The van der Waals surface area contributed by atoms with Gasteiger partial charge in [0.1, 0.15) is 4.60 Å². The van der Waals surface area contributed by atoms with Gasteiger partial charge in [0.15, 0.2) is 0 Å². The van der Waals surface area contributed by atoms with E-state index in [9.17, 15) is 0 Å². The average molecular weight is 210 g/mol. The molecule has 1 aromatic rings. The Labute approximate surface area is 79.6 Å². The molecule has 0 radical (unpaired) electrons. The zero-order chi connectivity index (χ0) is 14.3. The molecule has 0 aliphatic rings. The molecule has 0 aliphatic heterocycles. The molecular formula is C7H8BrNO. The first-order chi connectivity index (χ1) is 7.96. The Kier molecular flexibility index (Phi) is 0.843. The van der Waals surface area contributed by atoms with Crippen molar-refractivity contribution in [3.63, 3.8) is 0 Å². The van der Waals surface area contributed by atoms with E-state index in [1.165, 1.54) is 0 Å². The van der Waals surface area contributed by atoms with E-state index in [-0.39, 0.29) is 4.60 Å². The molecule has 2 nitrogen and oxygen atoms in total. The summed E-state index contributed by atoms with van der Waals surface area (Å²) in [6.45, 7) is -2.90. The molecule has 1 heterocycles. The average Bonchev–Trinajstić information content (AvgIpc) is 2.09. The lowest BCUT2D eigenvalue weighted by atomic mass is 10.3. The van der Waals surface area contributed by atoms with Crippen LogP contribution in [0.25, 0.3) is 0 Å². The fourth-order valence-electron chi connectivity index (χ4n) is 0.374. The number of hydrogen-bond donors (Lipinski definition) is 0. The van der Waals surface area contributed by atoms with Crippen molar-refractivity contribution in [1.82, 2.24) is 4.98 Å². The maximum absolute atomic E-state index is 7.56. The van der Waals surface area contributed by atoms with Crippen LogP contribution in [0.1, 0.15) is 16.5 Å². The smallest absolute Gasteiger partial charge is 0.106 e. The van der Waals surface area contributed by atoms with Gasteiger partial charge in [-0.2, -0.15) is 0 Å². The van der Waals surface area contributed by atoms with Gasteiger partial charge in [-0.15, -0.1) is 0 Å². The zero-order valence-corrected chi connectivity index (χ0v) is 6.32. The van der Waals surface area contributed by atoms with E-state index in [0.29, 0.717) is 0 Å². The lowest BCUT2D eigenvalue weighted by Gasteiger charge is -1.96. The Hall–Kier alpha value is -0.410. The highest BCUT2D eigenvalue weighted by Gasteiger charge is 1.90. The summed E-state index contributed by atoms with van der Waals surface area (Å²) in [7, 11) is -3.03. The predicted octanol–water partition coefficient (Wildman–Crippen LogP) is 1.99. The molecule has 0 unspecified atom stereocenters. The molecule has 0 spiro atoms. The molecule has 1 rings (SSSR count). The molecule has 3 heteroatoms. The summed E-state index contributed by atoms with van der Waals surface area (Å²) in [4.78, 5) is 3.50. The maximum atomic E-state index is 7.56. The third-order valence-corrected chi connectivity index (χ3v) is 1.09. The Morgan fingerprint density at radius 2 is 2.90 bits per heavy atom. The summed E-state index contributed by atoms with van der Waals surface area (Å²) >= 11 is 2.85. The highest BCUT2D eigenvalue weighted by Crippen LogP contribution is 2.06. The minimum atomic E-state index is -3.03. The van der Waals surface area contributed by atoms with Crippen LogP contribution in [0.2, 0.25) is 0 Å². The lowest BCUT2D eigenvalue weighted by Crippen LogP contribution is -1.87. The van der Waals surface area contributed by atoms with Crippen LogP contribution in [-0.4, -0.2) is 12.0 Å². The molecule has 0 saturated carbocycles. The Morgan fingerprint density at radius 3 is 3.70 bits per heavy atom. The highest BCUT2D eigenvalue weighted by molar-refractivity contribution is 9.10. The van der Waals surface area contributed by atoms with Crippen molar-refractivity contribution in [3.8, 4) is 0 Å². The summed E-state index contributed by atoms with van der Waals surface area (Å²) in [6, 6.07) is -1.09. The van der Waals surface area contributed by atoms with Crippen LogP contribution in [0, 0.1) is 0 Å². The second-order valence-electron chi connectivity index (χ2n) is 1.34. The van der Waals surface area contributed by atoms with Gasteiger partial charge < -0.3 is 4.74 Å². The van der Waals surface area contributed by atoms with Crippen LogP contribution in [0.5, 0.6) is 0 Å². The van der Waals surface area contributed by atoms with Gasteiger partial charge in [0.2, 0.25) is 0 Å². The van der Waals surface area contributed by atoms with Gasteiger partial charge in [-0.05, 0) is 27.5 Å². The SMILES string of the molecule is [2H]c1nc(Br)c([2H])c([2H])c1C([2H])([2H])OC([2H])([2H])[2H]. The van der Waals surface area contributed by atoms with E-state index in [1.54, 1.807) is 0 Å². The molecule has 0 bridgehead atoms. The van der Waals surface area contributed by atoms with Crippen molar-refractivity contribution in [2.24, 2.45) is 0 Å². The van der Waals surface area contributed by atoms with Gasteiger partial charge in [0.05, 0.1) is 17.5 Å². The molecule has 0 fully saturated rings. The van der Waals surface area contributed by atoms with Gasteiger partial charge in [0, 0.05) is 13.2 Å². The van der Waals surface area contributed by atoms with E-state index in [4.69, 9.17) is 11.0 Å². The van der Waals surface area contributed by atoms with Gasteiger partial charge in [0.25, 0.3) is 0 Å². The number of rotatable bonds is 2. The second kappa shape index (κ2) is 3.68. The van der Waals surface area contributed by atoms with E-state index >= 15 is 0 Å². The van der Waals surface area contributed by atoms with Crippen molar-refractivity contribution >= 4 is 15.9 Å². The zero-order valence-electron chi connectivity index (χ0n) is 12.7. The van der Waals surface area contributed by atoms with Crippen LogP contribution < -0.4 is 0 Å². The number of pyridine rings is 1. The van der Waals surface area contributed by atoms with E-state index < -0.39 is 37.4 Å². The molecule has 0 amide bonds. The van der Waals surface area contributed by atoms with Crippen molar-refractivity contribution in [2.45, 2.75) is 6.56 Å². The van der Waals surface area contributed by atoms with E-state index in [2.05, 4.69) is 25.7 Å². The van der Waals surface area contributed by atoms with Crippen molar-refractivity contribution in [2.75, 3.05) is 7.04 Å². The van der Waals surface area contributed by atoms with Crippen LogP contribution in [0.15, 0.2) is 22.9 Å². The third-order valence-electron chi connectivity index (χ3n) is 0.710. The summed E-state index contributed by atoms with van der Waals surface area (Å²) < 4.78 is 62.1. The lowest BCUT2D eigenvalue weighted by molar-refractivity contribution is 0.184. The predicted molar refractivity (Wildman–Crippen MR) is 42.7 cm³/mol. The number of aromatic nitrogens is 1. The summed E-state index contributed by atoms with van der Waals surface area (Å²) in [5.41, 5.74) is -0.688. The van der Waals surface area contributed by atoms with Gasteiger partial charge in [-0.25, -0.2) is 4.98 Å². The Morgan fingerprint density at radius 1 is 2.00 bits per heavy atom. The van der Waals surface area contributed by atoms with Crippen molar-refractivity contribution < 1.29 is 15.7 Å². The van der Waals surface area contributed by atoms with Crippen LogP contribution in [0.3, 0.4) is 0 Å². The molecule has 0 saturated heterocycles. The van der Waals surface area contributed by atoms with Gasteiger partial charge in [-0.3, -0.25) is 0 Å². The quantitative estimate of drug-likeness (QED) is 0.696. The Bertz CT molecular complexity index is 473. The minimum Gasteiger partial charge on any atom is -0.380 e. The van der Waals surface area contributed by atoms with Crippen LogP contribution in [0.4, 0.5) is 0 Å². The number of hydrogen-bond acceptors (Lipinski definition) is 2. The largest absolute Gasteiger partial charge is 0.380 e. The third kappa shape index (κ3) is 2.08. The monoisotopic (exact) mass is 209 g/mol. The molecule has 0 N–H and O–H groups in total. The number of ether oxygens (including phenoxy) is 1. The number of halogens is 1. The van der Waals surface area contributed by atoms with Crippen LogP contribution >= 0.6 is 15.9 Å². The van der Waals surface area contributed by atoms with E-state index in [0.717, 1.165) is 0 Å². The molecule has 10 heavy (non-hydrogen) atoms. The van der Waals surface area contributed by atoms with Crippen molar-refractivity contribution in [1.29, 1.82) is 0 Å². The summed E-state index contributed by atoms with van der Waals surface area (Å²) in [5.74, 6) is 0. The van der Waals surface area contributed by atoms with Crippen LogP contribution in [-0.2, 0) is 11.3 Å². The maximum Gasteiger partial charge on any atom is 0.106 e. The summed E-state index contributed by atoms with van der Waals surface area (Å²) in [5, 5.41) is 0. The fraction of sp³-hybridized carbons (Fsp3) is 0.286. The first-order valence-electron chi connectivity index (χ1n) is 6.29. The Balaban J connectivity index is 3.37. The standard InChI is InChI=1S/C7H8BrNO/c1-10-5-6-2-3-7(8)9-4-6/h2-4H,5H2,1H3/i1D3,2D,3D,4D,5D2. The van der Waals surface area contributed by atoms with Crippen molar-refractivity contribution in [3.05, 3.63) is 28.4 Å². The second-order valence-corrected chi connectivity index (χ2v) is 2.09. The molecule has 0 atom stereocenters.